The summed E-state index contributed by atoms with van der Waals surface area (Å²) in [6.07, 6.45) is 1.98. The second kappa shape index (κ2) is 9.53. The molecule has 3 heterocycles. The van der Waals surface area contributed by atoms with Crippen molar-refractivity contribution in [1.82, 2.24) is 35.3 Å². The molecule has 0 spiro atoms. The highest BCUT2D eigenvalue weighted by Gasteiger charge is 2.36. The van der Waals surface area contributed by atoms with Crippen LogP contribution in [-0.2, 0) is 13.1 Å². The summed E-state index contributed by atoms with van der Waals surface area (Å²) in [5.74, 6) is -0.388. The number of rotatable bonds is 7. The summed E-state index contributed by atoms with van der Waals surface area (Å²) in [5.41, 5.74) is 9.06. The van der Waals surface area contributed by atoms with Crippen LogP contribution in [0.3, 0.4) is 0 Å². The molecule has 0 fully saturated rings. The number of aliphatic hydroxyl groups is 1. The zero-order valence-electron chi connectivity index (χ0n) is 19.5. The van der Waals surface area contributed by atoms with E-state index in [9.17, 15) is 14.3 Å². The van der Waals surface area contributed by atoms with E-state index in [4.69, 9.17) is 0 Å². The predicted octanol–water partition coefficient (Wildman–Crippen LogP) is 1.90. The molecular formula is C24H27FN8O2. The Morgan fingerprint density at radius 1 is 1.20 bits per heavy atom. The maximum atomic E-state index is 14.4. The van der Waals surface area contributed by atoms with Crippen molar-refractivity contribution in [2.45, 2.75) is 31.5 Å². The van der Waals surface area contributed by atoms with E-state index in [0.29, 0.717) is 35.6 Å². The Labute approximate surface area is 200 Å². The number of aromatic nitrogens is 5. The summed E-state index contributed by atoms with van der Waals surface area (Å²) in [4.78, 5) is 19.2. The largest absolute Gasteiger partial charge is 0.396 e. The summed E-state index contributed by atoms with van der Waals surface area (Å²) in [7, 11) is 4.03. The van der Waals surface area contributed by atoms with Gasteiger partial charge in [0.1, 0.15) is 18.0 Å². The topological polar surface area (TPSA) is 124 Å². The average molecular weight is 479 g/mol. The van der Waals surface area contributed by atoms with Crippen molar-refractivity contribution in [3.63, 3.8) is 0 Å². The Morgan fingerprint density at radius 3 is 2.74 bits per heavy atom. The molecule has 11 heteroatoms. The minimum absolute atomic E-state index is 0.0177. The van der Waals surface area contributed by atoms with E-state index in [1.165, 1.54) is 18.5 Å². The fourth-order valence-electron chi connectivity index (χ4n) is 4.66. The minimum Gasteiger partial charge on any atom is -0.396 e. The van der Waals surface area contributed by atoms with Gasteiger partial charge >= 0.3 is 0 Å². The Bertz CT molecular complexity index is 1400. The highest BCUT2D eigenvalue weighted by Crippen LogP contribution is 2.41. The van der Waals surface area contributed by atoms with E-state index in [1.807, 2.05) is 26.2 Å². The van der Waals surface area contributed by atoms with Crippen LogP contribution in [0.5, 0.6) is 0 Å². The van der Waals surface area contributed by atoms with Gasteiger partial charge in [-0.2, -0.15) is 10.2 Å². The molecule has 2 atom stereocenters. The molecule has 4 aromatic rings. The number of hydrogen-bond donors (Lipinski definition) is 4. The third-order valence-corrected chi connectivity index (χ3v) is 6.16. The lowest BCUT2D eigenvalue weighted by atomic mass is 9.87. The Hall–Kier alpha value is -3.67. The second-order valence-electron chi connectivity index (χ2n) is 8.94. The number of aromatic amines is 1. The Kier molecular flexibility index (Phi) is 6.29. The van der Waals surface area contributed by atoms with Crippen molar-refractivity contribution >= 4 is 16.5 Å². The molecule has 0 saturated carbocycles. The summed E-state index contributed by atoms with van der Waals surface area (Å²) >= 11 is 0. The number of aryl methyl sites for hydroxylation is 1. The standard InChI is InChI=1S/C24H27FN8O2/c1-32(2)12-14-4-6-15(7-5-14)21-20(23-26-13-27-33(23)8-3-9-34)22-19-17(24(35)31-30-22)10-16(25)11-18(19)28-29-21/h4-7,10-11,13,20-21,28-29,34H,3,8-9,12H2,1-2H3,(H,31,35). The quantitative estimate of drug-likeness (QED) is 0.318. The minimum atomic E-state index is -0.529. The van der Waals surface area contributed by atoms with Crippen LogP contribution in [0.15, 0.2) is 47.5 Å². The molecule has 0 bridgehead atoms. The summed E-state index contributed by atoms with van der Waals surface area (Å²) in [6, 6.07) is 10.4. The van der Waals surface area contributed by atoms with E-state index < -0.39 is 17.3 Å². The maximum Gasteiger partial charge on any atom is 0.272 e. The van der Waals surface area contributed by atoms with Gasteiger partial charge in [-0.1, -0.05) is 24.3 Å². The number of aliphatic hydroxyl groups excluding tert-OH is 1. The molecule has 182 valence electrons. The number of halogens is 1. The summed E-state index contributed by atoms with van der Waals surface area (Å²) in [5, 5.41) is 21.4. The van der Waals surface area contributed by atoms with Crippen LogP contribution in [0.25, 0.3) is 10.8 Å². The van der Waals surface area contributed by atoms with Gasteiger partial charge in [0.05, 0.1) is 28.7 Å². The van der Waals surface area contributed by atoms with Crippen LogP contribution in [0.2, 0.25) is 0 Å². The molecule has 0 radical (unpaired) electrons. The smallest absolute Gasteiger partial charge is 0.272 e. The highest BCUT2D eigenvalue weighted by molar-refractivity contribution is 5.96. The SMILES string of the molecule is CN(C)Cc1ccc(C2NNc3cc(F)cc4c(=O)[nH]nc(c34)C2c2ncnn2CCCO)cc1. The van der Waals surface area contributed by atoms with Gasteiger partial charge in [0.25, 0.3) is 5.56 Å². The van der Waals surface area contributed by atoms with Crippen LogP contribution in [-0.4, -0.2) is 55.7 Å². The number of hydrogen-bond acceptors (Lipinski definition) is 8. The number of H-pyrrole nitrogens is 1. The lowest BCUT2D eigenvalue weighted by molar-refractivity contribution is 0.275. The van der Waals surface area contributed by atoms with E-state index in [0.717, 1.165) is 17.7 Å². The highest BCUT2D eigenvalue weighted by atomic mass is 19.1. The molecule has 0 saturated heterocycles. The lowest BCUT2D eigenvalue weighted by Crippen LogP contribution is -2.32. The first-order valence-corrected chi connectivity index (χ1v) is 11.4. The molecule has 0 amide bonds. The first kappa shape index (κ1) is 23.1. The first-order chi connectivity index (χ1) is 17.0. The Morgan fingerprint density at radius 2 is 2.00 bits per heavy atom. The van der Waals surface area contributed by atoms with Crippen LogP contribution in [0.1, 0.15) is 41.0 Å². The van der Waals surface area contributed by atoms with Gasteiger partial charge in [0, 0.05) is 25.1 Å². The molecule has 10 nitrogen and oxygen atoms in total. The van der Waals surface area contributed by atoms with Gasteiger partial charge in [-0.05, 0) is 43.8 Å². The molecule has 1 aliphatic heterocycles. The maximum absolute atomic E-state index is 14.4. The molecule has 2 aromatic heterocycles. The molecule has 1 aliphatic rings. The second-order valence-corrected chi connectivity index (χ2v) is 8.94. The normalized spacial score (nSPS) is 17.5. The monoisotopic (exact) mass is 478 g/mol. The molecular weight excluding hydrogens is 451 g/mol. The van der Waals surface area contributed by atoms with Crippen LogP contribution < -0.4 is 16.4 Å². The number of benzene rings is 2. The number of nitrogens with one attached hydrogen (secondary N) is 3. The fraction of sp³-hybridized carbons (Fsp3) is 0.333. The van der Waals surface area contributed by atoms with Crippen LogP contribution in [0, 0.1) is 5.82 Å². The van der Waals surface area contributed by atoms with Gasteiger partial charge in [-0.25, -0.2) is 24.6 Å². The van der Waals surface area contributed by atoms with E-state index in [2.05, 4.69) is 48.2 Å². The zero-order valence-corrected chi connectivity index (χ0v) is 19.5. The van der Waals surface area contributed by atoms with Crippen molar-refractivity contribution in [1.29, 1.82) is 0 Å². The zero-order chi connectivity index (χ0) is 24.5. The molecule has 2 aromatic carbocycles. The molecule has 0 aliphatic carbocycles. The van der Waals surface area contributed by atoms with Crippen molar-refractivity contribution < 1.29 is 9.50 Å². The fourth-order valence-corrected chi connectivity index (χ4v) is 4.66. The van der Waals surface area contributed by atoms with Crippen molar-refractivity contribution in [2.24, 2.45) is 0 Å². The molecule has 35 heavy (non-hydrogen) atoms. The van der Waals surface area contributed by atoms with Crippen LogP contribution >= 0.6 is 0 Å². The van der Waals surface area contributed by atoms with E-state index >= 15 is 0 Å². The Balaban J connectivity index is 1.70. The summed E-state index contributed by atoms with van der Waals surface area (Å²) < 4.78 is 16.1. The first-order valence-electron chi connectivity index (χ1n) is 11.4. The van der Waals surface area contributed by atoms with Gasteiger partial charge in [0.15, 0.2) is 0 Å². The lowest BCUT2D eigenvalue weighted by Gasteiger charge is -2.26. The molecule has 5 rings (SSSR count). The van der Waals surface area contributed by atoms with Crippen molar-refractivity contribution in [2.75, 3.05) is 26.1 Å². The number of hydrazine groups is 1. The molecule has 4 N–H and O–H groups in total. The average Bonchev–Trinajstić information content (AvgIpc) is 3.23. The van der Waals surface area contributed by atoms with Gasteiger partial charge in [-0.3, -0.25) is 4.79 Å². The molecule has 2 unspecified atom stereocenters. The van der Waals surface area contributed by atoms with E-state index in [-0.39, 0.29) is 18.0 Å². The number of nitrogens with zero attached hydrogens (tertiary/aromatic N) is 5. The van der Waals surface area contributed by atoms with E-state index in [1.54, 1.807) is 4.68 Å². The third kappa shape index (κ3) is 4.41. The number of anilines is 1. The van der Waals surface area contributed by atoms with Gasteiger partial charge < -0.3 is 15.4 Å². The summed E-state index contributed by atoms with van der Waals surface area (Å²) in [6.45, 7) is 1.29. The van der Waals surface area contributed by atoms with Gasteiger partial charge in [0.2, 0.25) is 0 Å². The predicted molar refractivity (Wildman–Crippen MR) is 129 cm³/mol. The van der Waals surface area contributed by atoms with Crippen molar-refractivity contribution in [3.05, 3.63) is 81.5 Å². The van der Waals surface area contributed by atoms with Gasteiger partial charge in [-0.15, -0.1) is 0 Å². The third-order valence-electron chi connectivity index (χ3n) is 6.16. The van der Waals surface area contributed by atoms with Crippen molar-refractivity contribution in [3.8, 4) is 0 Å². The van der Waals surface area contributed by atoms with Crippen LogP contribution in [0.4, 0.5) is 10.1 Å².